The maximum Gasteiger partial charge on any atom is 0.261 e. The number of hydrogen-bond donors (Lipinski definition) is 2. The van der Waals surface area contributed by atoms with E-state index < -0.39 is 10.0 Å². The van der Waals surface area contributed by atoms with Crippen molar-refractivity contribution in [2.24, 2.45) is 11.1 Å². The molecule has 0 aromatic carbocycles. The van der Waals surface area contributed by atoms with Crippen molar-refractivity contribution in [1.29, 1.82) is 0 Å². The zero-order chi connectivity index (χ0) is 15.2. The third-order valence-electron chi connectivity index (χ3n) is 3.94. The zero-order valence-electron chi connectivity index (χ0n) is 11.7. The Hall–Kier alpha value is -0.960. The number of thiophene rings is 1. The average Bonchev–Trinajstić information content (AvgIpc) is 2.99. The number of sulfonamides is 1. The van der Waals surface area contributed by atoms with Gasteiger partial charge in [-0.1, -0.05) is 0 Å². The van der Waals surface area contributed by atoms with Gasteiger partial charge in [0.15, 0.2) is 0 Å². The largest absolute Gasteiger partial charge is 0.376 e. The number of primary sulfonamides is 1. The topological polar surface area (TPSA) is 98.5 Å². The van der Waals surface area contributed by atoms with Crippen LogP contribution in [0.25, 0.3) is 0 Å². The second-order valence-electron chi connectivity index (χ2n) is 5.62. The summed E-state index contributed by atoms with van der Waals surface area (Å²) in [6.07, 6.45) is 3.22. The Balaban J connectivity index is 1.73. The number of hydrogen-bond acceptors (Lipinski definition) is 5. The van der Waals surface area contributed by atoms with Gasteiger partial charge in [0.1, 0.15) is 0 Å². The molecular formula is C13H18N2O4S2. The van der Waals surface area contributed by atoms with E-state index in [0.29, 0.717) is 22.3 Å². The van der Waals surface area contributed by atoms with Crippen molar-refractivity contribution in [2.45, 2.75) is 43.2 Å². The summed E-state index contributed by atoms with van der Waals surface area (Å²) >= 11 is 1.15. The zero-order valence-corrected chi connectivity index (χ0v) is 13.3. The summed E-state index contributed by atoms with van der Waals surface area (Å²) in [6.45, 7) is 2.31. The molecule has 1 saturated carbocycles. The smallest absolute Gasteiger partial charge is 0.261 e. The fraction of sp³-hybridized carbons (Fsp3) is 0.615. The quantitative estimate of drug-likeness (QED) is 0.860. The van der Waals surface area contributed by atoms with E-state index in [1.54, 1.807) is 6.92 Å². The number of carbonyl (C=O) groups excluding carboxylic acids is 1. The van der Waals surface area contributed by atoms with E-state index in [2.05, 4.69) is 5.32 Å². The lowest BCUT2D eigenvalue weighted by Crippen LogP contribution is -2.41. The lowest BCUT2D eigenvalue weighted by atomic mass is 10.1. The van der Waals surface area contributed by atoms with Crippen LogP contribution in [0.3, 0.4) is 0 Å². The highest BCUT2D eigenvalue weighted by Gasteiger charge is 2.41. The lowest BCUT2D eigenvalue weighted by molar-refractivity contribution is 0.0731. The molecule has 2 unspecified atom stereocenters. The molecule has 2 aliphatic rings. The molecule has 2 atom stereocenters. The highest BCUT2D eigenvalue weighted by molar-refractivity contribution is 7.89. The van der Waals surface area contributed by atoms with Crippen molar-refractivity contribution in [2.75, 3.05) is 6.61 Å². The van der Waals surface area contributed by atoms with Gasteiger partial charge in [-0.05, 0) is 38.2 Å². The van der Waals surface area contributed by atoms with Crippen LogP contribution in [-0.4, -0.2) is 33.1 Å². The normalized spacial score (nSPS) is 26.0. The van der Waals surface area contributed by atoms with Gasteiger partial charge in [-0.2, -0.15) is 0 Å². The molecule has 1 aromatic heterocycles. The first-order valence-electron chi connectivity index (χ1n) is 6.92. The van der Waals surface area contributed by atoms with Crippen LogP contribution in [0.4, 0.5) is 0 Å². The molecule has 21 heavy (non-hydrogen) atoms. The maximum absolute atomic E-state index is 12.3. The first-order valence-corrected chi connectivity index (χ1v) is 9.28. The van der Waals surface area contributed by atoms with Crippen molar-refractivity contribution < 1.29 is 17.9 Å². The number of carbonyl (C=O) groups is 1. The molecule has 1 saturated heterocycles. The summed E-state index contributed by atoms with van der Waals surface area (Å²) in [5.74, 6) is 0.307. The molecule has 0 radical (unpaired) electrons. The van der Waals surface area contributed by atoms with Crippen LogP contribution in [0.5, 0.6) is 0 Å². The standard InChI is InChI=1S/C13H18N2O4S2/c1-7-11(21(14,17)18)6-10(20-7)13(16)15-9-4-5-19-12(9)8-2-3-8/h6,8-9,12H,2-5H2,1H3,(H,15,16)(H2,14,17,18). The van der Waals surface area contributed by atoms with Crippen LogP contribution in [0, 0.1) is 12.8 Å². The molecule has 1 aromatic rings. The van der Waals surface area contributed by atoms with Crippen molar-refractivity contribution in [3.63, 3.8) is 0 Å². The fourth-order valence-electron chi connectivity index (χ4n) is 2.75. The Morgan fingerprint density at radius 2 is 2.14 bits per heavy atom. The molecule has 1 amide bonds. The minimum atomic E-state index is -3.78. The van der Waals surface area contributed by atoms with Gasteiger partial charge in [-0.25, -0.2) is 13.6 Å². The molecular weight excluding hydrogens is 312 g/mol. The molecule has 6 nitrogen and oxygen atoms in total. The minimum absolute atomic E-state index is 0.0188. The second-order valence-corrected chi connectivity index (χ2v) is 8.40. The predicted octanol–water partition coefficient (Wildman–Crippen LogP) is 1.00. The third kappa shape index (κ3) is 3.13. The Bertz CT molecular complexity index is 664. The lowest BCUT2D eigenvalue weighted by Gasteiger charge is -2.18. The van der Waals surface area contributed by atoms with Gasteiger partial charge in [0.25, 0.3) is 5.91 Å². The van der Waals surface area contributed by atoms with E-state index in [-0.39, 0.29) is 22.9 Å². The Morgan fingerprint density at radius 1 is 1.43 bits per heavy atom. The first-order chi connectivity index (χ1) is 9.86. The van der Waals surface area contributed by atoms with Gasteiger partial charge in [-0.3, -0.25) is 4.79 Å². The van der Waals surface area contributed by atoms with Crippen LogP contribution in [0.1, 0.15) is 33.8 Å². The summed E-state index contributed by atoms with van der Waals surface area (Å²) in [5.41, 5.74) is 0. The highest BCUT2D eigenvalue weighted by atomic mass is 32.2. The van der Waals surface area contributed by atoms with E-state index in [1.807, 2.05) is 0 Å². The van der Waals surface area contributed by atoms with E-state index >= 15 is 0 Å². The highest BCUT2D eigenvalue weighted by Crippen LogP contribution is 2.39. The number of rotatable bonds is 4. The third-order valence-corrected chi connectivity index (χ3v) is 6.16. The van der Waals surface area contributed by atoms with Gasteiger partial charge in [-0.15, -0.1) is 11.3 Å². The number of aryl methyl sites for hydroxylation is 1. The molecule has 0 spiro atoms. The van der Waals surface area contributed by atoms with E-state index in [1.165, 1.54) is 6.07 Å². The van der Waals surface area contributed by atoms with Crippen molar-refractivity contribution in [3.05, 3.63) is 15.8 Å². The molecule has 2 heterocycles. The van der Waals surface area contributed by atoms with Crippen molar-refractivity contribution in [3.8, 4) is 0 Å². The number of ether oxygens (including phenoxy) is 1. The fourth-order valence-corrected chi connectivity index (χ4v) is 4.80. The van der Waals surface area contributed by atoms with Crippen LogP contribution < -0.4 is 10.5 Å². The monoisotopic (exact) mass is 330 g/mol. The summed E-state index contributed by atoms with van der Waals surface area (Å²) in [7, 11) is -3.78. The van der Waals surface area contributed by atoms with Gasteiger partial charge in [0.05, 0.1) is 21.9 Å². The van der Waals surface area contributed by atoms with Crippen LogP contribution in [0.2, 0.25) is 0 Å². The van der Waals surface area contributed by atoms with Crippen molar-refractivity contribution >= 4 is 27.3 Å². The Morgan fingerprint density at radius 3 is 2.71 bits per heavy atom. The summed E-state index contributed by atoms with van der Waals surface area (Å²) in [4.78, 5) is 13.2. The van der Waals surface area contributed by atoms with Gasteiger partial charge >= 0.3 is 0 Å². The molecule has 1 aliphatic heterocycles. The van der Waals surface area contributed by atoms with Crippen LogP contribution in [-0.2, 0) is 14.8 Å². The van der Waals surface area contributed by atoms with E-state index in [0.717, 1.165) is 30.6 Å². The molecule has 116 valence electrons. The predicted molar refractivity (Wildman–Crippen MR) is 78.8 cm³/mol. The van der Waals surface area contributed by atoms with Crippen LogP contribution in [0.15, 0.2) is 11.0 Å². The number of nitrogens with one attached hydrogen (secondary N) is 1. The molecule has 3 rings (SSSR count). The Labute approximate surface area is 127 Å². The summed E-state index contributed by atoms with van der Waals surface area (Å²) in [5, 5.41) is 8.10. The molecule has 2 fully saturated rings. The second kappa shape index (κ2) is 5.35. The summed E-state index contributed by atoms with van der Waals surface area (Å²) < 4.78 is 28.5. The number of nitrogens with two attached hydrogens (primary N) is 1. The minimum Gasteiger partial charge on any atom is -0.376 e. The van der Waals surface area contributed by atoms with Gasteiger partial charge in [0.2, 0.25) is 10.0 Å². The molecule has 3 N–H and O–H groups in total. The SMILES string of the molecule is Cc1sc(C(=O)NC2CCOC2C2CC2)cc1S(N)(=O)=O. The van der Waals surface area contributed by atoms with Crippen LogP contribution >= 0.6 is 11.3 Å². The first kappa shape index (κ1) is 15.0. The van der Waals surface area contributed by atoms with E-state index in [4.69, 9.17) is 9.88 Å². The molecule has 8 heteroatoms. The molecule has 0 bridgehead atoms. The van der Waals surface area contributed by atoms with Gasteiger partial charge < -0.3 is 10.1 Å². The Kier molecular flexibility index (Phi) is 3.81. The molecule has 1 aliphatic carbocycles. The maximum atomic E-state index is 12.3. The van der Waals surface area contributed by atoms with Crippen molar-refractivity contribution in [1.82, 2.24) is 5.32 Å². The van der Waals surface area contributed by atoms with E-state index in [9.17, 15) is 13.2 Å². The average molecular weight is 330 g/mol. The van der Waals surface area contributed by atoms with Gasteiger partial charge in [0, 0.05) is 11.5 Å². The summed E-state index contributed by atoms with van der Waals surface area (Å²) in [6, 6.07) is 1.37. The number of amides is 1.